The Bertz CT molecular complexity index is 873. The van der Waals surface area contributed by atoms with E-state index in [1.54, 1.807) is 0 Å². The smallest absolute Gasteiger partial charge is 0.220 e. The molecule has 1 amide bonds. The van der Waals surface area contributed by atoms with E-state index in [0.29, 0.717) is 12.8 Å². The van der Waals surface area contributed by atoms with E-state index >= 15 is 0 Å². The Balaban J connectivity index is 3.56. The number of nitrogens with one attached hydrogen (secondary N) is 1. The maximum atomic E-state index is 12.4. The van der Waals surface area contributed by atoms with Crippen molar-refractivity contribution in [1.29, 1.82) is 0 Å². The van der Waals surface area contributed by atoms with Crippen molar-refractivity contribution in [1.82, 2.24) is 5.32 Å². The van der Waals surface area contributed by atoms with Gasteiger partial charge in [-0.1, -0.05) is 216 Å². The Kier molecular flexibility index (Phi) is 41.9. The third kappa shape index (κ3) is 39.3. The molecule has 0 bridgehead atoms. The van der Waals surface area contributed by atoms with Crippen LogP contribution < -0.4 is 5.32 Å². The van der Waals surface area contributed by atoms with Crippen molar-refractivity contribution in [3.8, 4) is 0 Å². The van der Waals surface area contributed by atoms with Gasteiger partial charge in [-0.05, 0) is 57.8 Å². The van der Waals surface area contributed by atoms with Crippen LogP contribution in [0.15, 0.2) is 60.8 Å². The first kappa shape index (κ1) is 50.1. The van der Waals surface area contributed by atoms with E-state index in [-0.39, 0.29) is 12.5 Å². The van der Waals surface area contributed by atoms with Crippen LogP contribution in [0.5, 0.6) is 0 Å². The average molecular weight is 726 g/mol. The second-order valence-corrected chi connectivity index (χ2v) is 15.1. The number of carbonyl (C=O) groups is 1. The van der Waals surface area contributed by atoms with E-state index in [0.717, 1.165) is 57.8 Å². The highest BCUT2D eigenvalue weighted by atomic mass is 16.3. The summed E-state index contributed by atoms with van der Waals surface area (Å²) in [6.07, 6.45) is 60.1. The van der Waals surface area contributed by atoms with Gasteiger partial charge in [0.15, 0.2) is 0 Å². The maximum Gasteiger partial charge on any atom is 0.220 e. The van der Waals surface area contributed by atoms with Crippen LogP contribution in [0.1, 0.15) is 219 Å². The summed E-state index contributed by atoms with van der Waals surface area (Å²) in [5, 5.41) is 23.2. The molecule has 3 N–H and O–H groups in total. The monoisotopic (exact) mass is 726 g/mol. The third-order valence-corrected chi connectivity index (χ3v) is 10.0. The van der Waals surface area contributed by atoms with Crippen molar-refractivity contribution in [3.05, 3.63) is 60.8 Å². The molecule has 0 heterocycles. The molecule has 0 spiro atoms. The quantitative estimate of drug-likeness (QED) is 0.0435. The van der Waals surface area contributed by atoms with E-state index in [1.165, 1.54) is 135 Å². The van der Waals surface area contributed by atoms with Gasteiger partial charge in [-0.3, -0.25) is 4.79 Å². The molecule has 0 radical (unpaired) electrons. The number of aliphatic hydroxyl groups is 2. The number of hydrogen-bond donors (Lipinski definition) is 3. The molecule has 4 heteroatoms. The fourth-order valence-electron chi connectivity index (χ4n) is 6.62. The first-order valence-corrected chi connectivity index (χ1v) is 22.5. The van der Waals surface area contributed by atoms with Crippen LogP contribution in [0.4, 0.5) is 0 Å². The molecular formula is C48H87NO3. The highest BCUT2D eigenvalue weighted by Gasteiger charge is 2.20. The summed E-state index contributed by atoms with van der Waals surface area (Å²) < 4.78 is 0. The molecule has 2 atom stereocenters. The molecule has 0 fully saturated rings. The lowest BCUT2D eigenvalue weighted by atomic mass is 10.0. The molecule has 4 nitrogen and oxygen atoms in total. The van der Waals surface area contributed by atoms with Gasteiger partial charge in [-0.25, -0.2) is 0 Å². The van der Waals surface area contributed by atoms with Gasteiger partial charge < -0.3 is 15.5 Å². The number of amides is 1. The molecule has 2 unspecified atom stereocenters. The summed E-state index contributed by atoms with van der Waals surface area (Å²) >= 11 is 0. The Morgan fingerprint density at radius 1 is 0.481 bits per heavy atom. The normalized spacial score (nSPS) is 13.5. The molecule has 52 heavy (non-hydrogen) atoms. The van der Waals surface area contributed by atoms with Crippen LogP contribution in [0.3, 0.4) is 0 Å². The zero-order valence-corrected chi connectivity index (χ0v) is 34.6. The Hall–Kier alpha value is -1.91. The van der Waals surface area contributed by atoms with E-state index in [1.807, 2.05) is 0 Å². The lowest BCUT2D eigenvalue weighted by molar-refractivity contribution is -0.123. The fraction of sp³-hybridized carbons (Fsp3) is 0.771. The number of allylic oxidation sites excluding steroid dienone is 10. The van der Waals surface area contributed by atoms with Gasteiger partial charge in [-0.2, -0.15) is 0 Å². The van der Waals surface area contributed by atoms with Crippen molar-refractivity contribution in [2.24, 2.45) is 0 Å². The summed E-state index contributed by atoms with van der Waals surface area (Å²) in [5.41, 5.74) is 0. The number of rotatable bonds is 40. The highest BCUT2D eigenvalue weighted by Crippen LogP contribution is 2.15. The summed E-state index contributed by atoms with van der Waals surface area (Å²) in [6.45, 7) is 4.24. The topological polar surface area (TPSA) is 69.6 Å². The molecule has 0 aromatic heterocycles. The largest absolute Gasteiger partial charge is 0.394 e. The van der Waals surface area contributed by atoms with E-state index in [9.17, 15) is 15.0 Å². The van der Waals surface area contributed by atoms with Crippen molar-refractivity contribution < 1.29 is 15.0 Å². The Morgan fingerprint density at radius 3 is 1.27 bits per heavy atom. The molecule has 0 aliphatic rings. The number of aliphatic hydroxyl groups excluding tert-OH is 2. The zero-order valence-electron chi connectivity index (χ0n) is 34.6. The van der Waals surface area contributed by atoms with E-state index in [4.69, 9.17) is 0 Å². The van der Waals surface area contributed by atoms with E-state index in [2.05, 4.69) is 79.9 Å². The molecule has 0 rings (SSSR count). The summed E-state index contributed by atoms with van der Waals surface area (Å²) in [7, 11) is 0. The van der Waals surface area contributed by atoms with Crippen LogP contribution in [0, 0.1) is 0 Å². The summed E-state index contributed by atoms with van der Waals surface area (Å²) in [4.78, 5) is 12.4. The van der Waals surface area contributed by atoms with Crippen molar-refractivity contribution in [3.63, 3.8) is 0 Å². The van der Waals surface area contributed by atoms with Crippen LogP contribution in [-0.4, -0.2) is 34.9 Å². The first-order valence-electron chi connectivity index (χ1n) is 22.5. The number of carbonyl (C=O) groups excluding carboxylic acids is 1. The van der Waals surface area contributed by atoms with Gasteiger partial charge in [0.2, 0.25) is 5.91 Å². The summed E-state index contributed by atoms with van der Waals surface area (Å²) in [5.74, 6) is -0.0397. The van der Waals surface area contributed by atoms with Gasteiger partial charge in [0, 0.05) is 6.42 Å². The van der Waals surface area contributed by atoms with Gasteiger partial charge in [0.25, 0.3) is 0 Å². The highest BCUT2D eigenvalue weighted by molar-refractivity contribution is 5.76. The van der Waals surface area contributed by atoms with Crippen molar-refractivity contribution >= 4 is 5.91 Å². The molecule has 0 aliphatic heterocycles. The molecule has 302 valence electrons. The number of unbranched alkanes of at least 4 members (excludes halogenated alkanes) is 23. The van der Waals surface area contributed by atoms with Gasteiger partial charge in [0.1, 0.15) is 0 Å². The van der Waals surface area contributed by atoms with Crippen molar-refractivity contribution in [2.45, 2.75) is 231 Å². The fourth-order valence-corrected chi connectivity index (χ4v) is 6.62. The van der Waals surface area contributed by atoms with Crippen molar-refractivity contribution in [2.75, 3.05) is 6.61 Å². The predicted molar refractivity (Wildman–Crippen MR) is 230 cm³/mol. The second-order valence-electron chi connectivity index (χ2n) is 15.1. The molecular weight excluding hydrogens is 639 g/mol. The second kappa shape index (κ2) is 43.5. The zero-order chi connectivity index (χ0) is 37.8. The third-order valence-electron chi connectivity index (χ3n) is 10.0. The van der Waals surface area contributed by atoms with E-state index < -0.39 is 12.1 Å². The molecule has 0 saturated heterocycles. The molecule has 0 aromatic carbocycles. The van der Waals surface area contributed by atoms with Crippen LogP contribution in [0.2, 0.25) is 0 Å². The van der Waals surface area contributed by atoms with Crippen LogP contribution >= 0.6 is 0 Å². The lowest BCUT2D eigenvalue weighted by Crippen LogP contribution is -2.45. The molecule has 0 aliphatic carbocycles. The minimum atomic E-state index is -0.664. The Morgan fingerprint density at radius 2 is 0.846 bits per heavy atom. The minimum Gasteiger partial charge on any atom is -0.394 e. The van der Waals surface area contributed by atoms with Crippen LogP contribution in [0.25, 0.3) is 0 Å². The molecule has 0 saturated carbocycles. The molecule has 0 aromatic rings. The predicted octanol–water partition coefficient (Wildman–Crippen LogP) is 14.1. The standard InChI is InChI=1S/C48H87NO3/c1-3-5-7-9-11-13-15-17-19-20-21-22-23-24-25-26-27-28-30-32-34-36-38-40-42-44-48(52)49-46(45-50)47(51)43-41-39-37-35-33-31-29-18-16-14-12-10-8-6-4-2/h5,7,11,13,17,19,21-22,24-25,46-47,50-51H,3-4,6,8-10,12,14-16,18,20,23,26-45H2,1-2H3,(H,49,52)/b7-5-,13-11-,19-17-,22-21-,25-24-. The summed E-state index contributed by atoms with van der Waals surface area (Å²) in [6, 6.07) is -0.542. The minimum absolute atomic E-state index is 0.0397. The van der Waals surface area contributed by atoms with Crippen LogP contribution in [-0.2, 0) is 4.79 Å². The SMILES string of the molecule is CC/C=C\C/C=C\C/C=C\C/C=C\C/C=C\CCCCCCCCCCCC(=O)NC(CO)C(O)CCCCCCCCCCCCCCCCC. The lowest BCUT2D eigenvalue weighted by Gasteiger charge is -2.22. The maximum absolute atomic E-state index is 12.4. The Labute approximate surface area is 324 Å². The van der Waals surface area contributed by atoms with Gasteiger partial charge in [0.05, 0.1) is 18.8 Å². The first-order chi connectivity index (χ1) is 25.7. The van der Waals surface area contributed by atoms with Gasteiger partial charge in [-0.15, -0.1) is 0 Å². The average Bonchev–Trinajstić information content (AvgIpc) is 3.15. The van der Waals surface area contributed by atoms with Gasteiger partial charge >= 0.3 is 0 Å². The number of hydrogen-bond acceptors (Lipinski definition) is 3.